The molecule has 1 N–H and O–H groups in total. The molecule has 0 bridgehead atoms. The van der Waals surface area contributed by atoms with E-state index in [9.17, 15) is 0 Å². The van der Waals surface area contributed by atoms with Gasteiger partial charge in [-0.15, -0.1) is 0 Å². The van der Waals surface area contributed by atoms with Crippen molar-refractivity contribution >= 4 is 5.95 Å². The quantitative estimate of drug-likeness (QED) is 0.935. The average Bonchev–Trinajstić information content (AvgIpc) is 2.86. The highest BCUT2D eigenvalue weighted by atomic mass is 16.5. The first-order chi connectivity index (χ1) is 10.2. The molecule has 1 atom stereocenters. The fourth-order valence-corrected chi connectivity index (χ4v) is 2.51. The maximum absolute atomic E-state index is 5.79. The minimum absolute atomic E-state index is 0.256. The van der Waals surface area contributed by atoms with Crippen LogP contribution in [0.2, 0.25) is 0 Å². The molecule has 0 spiro atoms. The molecule has 2 heterocycles. The van der Waals surface area contributed by atoms with E-state index < -0.39 is 0 Å². The normalized spacial score (nSPS) is 18.0. The van der Waals surface area contributed by atoms with Crippen molar-refractivity contribution in [3.63, 3.8) is 0 Å². The first kappa shape index (κ1) is 13.9. The Balaban J connectivity index is 1.60. The van der Waals surface area contributed by atoms with Crippen molar-refractivity contribution in [3.05, 3.63) is 35.7 Å². The summed E-state index contributed by atoms with van der Waals surface area (Å²) in [6.45, 7) is 5.66. The summed E-state index contributed by atoms with van der Waals surface area (Å²) in [7, 11) is 0. The van der Waals surface area contributed by atoms with Crippen LogP contribution in [-0.4, -0.2) is 23.3 Å². The summed E-state index contributed by atoms with van der Waals surface area (Å²) in [6, 6.07) is 8.26. The second kappa shape index (κ2) is 6.16. The van der Waals surface area contributed by atoms with Crippen molar-refractivity contribution in [3.8, 4) is 5.75 Å². The fourth-order valence-electron chi connectivity index (χ4n) is 2.51. The summed E-state index contributed by atoms with van der Waals surface area (Å²) in [5.74, 6) is 3.03. The van der Waals surface area contributed by atoms with Crippen LogP contribution in [0.25, 0.3) is 0 Å². The van der Waals surface area contributed by atoms with Gasteiger partial charge in [-0.3, -0.25) is 0 Å². The molecule has 0 amide bonds. The number of rotatable bonds is 4. The van der Waals surface area contributed by atoms with Gasteiger partial charge < -0.3 is 14.6 Å². The van der Waals surface area contributed by atoms with Gasteiger partial charge in [0.05, 0.1) is 6.61 Å². The lowest BCUT2D eigenvalue weighted by atomic mass is 9.97. The molecule has 1 aromatic heterocycles. The van der Waals surface area contributed by atoms with Gasteiger partial charge in [0, 0.05) is 12.5 Å². The Morgan fingerprint density at radius 3 is 3.00 bits per heavy atom. The van der Waals surface area contributed by atoms with E-state index in [2.05, 4.69) is 27.6 Å². The van der Waals surface area contributed by atoms with E-state index in [0.29, 0.717) is 17.8 Å². The number of benzene rings is 1. The van der Waals surface area contributed by atoms with Gasteiger partial charge in [-0.2, -0.15) is 4.98 Å². The van der Waals surface area contributed by atoms with Gasteiger partial charge in [-0.05, 0) is 35.5 Å². The standard InChI is InChI=1S/C16H21N3O2/c1-11(2)15-18-16(19-21-15)17-10-12-7-8-20-14-6-4-3-5-13(14)9-12/h3-6,11-12H,7-10H2,1-2H3,(H,17,19). The highest BCUT2D eigenvalue weighted by Gasteiger charge is 2.18. The van der Waals surface area contributed by atoms with Gasteiger partial charge in [-0.1, -0.05) is 32.0 Å². The predicted molar refractivity (Wildman–Crippen MR) is 80.6 cm³/mol. The van der Waals surface area contributed by atoms with Crippen LogP contribution in [0, 0.1) is 5.92 Å². The molecule has 1 aliphatic rings. The third-order valence-electron chi connectivity index (χ3n) is 3.75. The number of hydrogen-bond acceptors (Lipinski definition) is 5. The number of fused-ring (bicyclic) bond motifs is 1. The minimum atomic E-state index is 0.256. The Bertz CT molecular complexity index is 595. The molecule has 2 aromatic rings. The minimum Gasteiger partial charge on any atom is -0.493 e. The lowest BCUT2D eigenvalue weighted by molar-refractivity contribution is 0.298. The smallest absolute Gasteiger partial charge is 0.263 e. The van der Waals surface area contributed by atoms with E-state index in [0.717, 1.165) is 31.7 Å². The first-order valence-electron chi connectivity index (χ1n) is 7.50. The van der Waals surface area contributed by atoms with Crippen molar-refractivity contribution < 1.29 is 9.26 Å². The van der Waals surface area contributed by atoms with Crippen LogP contribution in [0.5, 0.6) is 5.75 Å². The van der Waals surface area contributed by atoms with E-state index in [1.165, 1.54) is 5.56 Å². The second-order valence-corrected chi connectivity index (χ2v) is 5.81. The topological polar surface area (TPSA) is 60.2 Å². The predicted octanol–water partition coefficient (Wildman–Crippen LogP) is 3.25. The van der Waals surface area contributed by atoms with Crippen LogP contribution in [0.1, 0.15) is 37.6 Å². The van der Waals surface area contributed by atoms with Gasteiger partial charge in [0.2, 0.25) is 5.89 Å². The van der Waals surface area contributed by atoms with Gasteiger partial charge in [0.1, 0.15) is 5.75 Å². The number of anilines is 1. The zero-order valence-electron chi connectivity index (χ0n) is 12.5. The molecule has 1 aliphatic heterocycles. The largest absolute Gasteiger partial charge is 0.493 e. The number of aromatic nitrogens is 2. The summed E-state index contributed by atoms with van der Waals surface area (Å²) in [5.41, 5.74) is 1.28. The van der Waals surface area contributed by atoms with E-state index in [1.807, 2.05) is 26.0 Å². The molecule has 112 valence electrons. The number of ether oxygens (including phenoxy) is 1. The third-order valence-corrected chi connectivity index (χ3v) is 3.75. The summed E-state index contributed by atoms with van der Waals surface area (Å²) >= 11 is 0. The van der Waals surface area contributed by atoms with Gasteiger partial charge in [0.15, 0.2) is 0 Å². The monoisotopic (exact) mass is 287 g/mol. The van der Waals surface area contributed by atoms with Crippen molar-refractivity contribution in [1.29, 1.82) is 0 Å². The Kier molecular flexibility index (Phi) is 4.08. The molecule has 5 nitrogen and oxygen atoms in total. The summed E-state index contributed by atoms with van der Waals surface area (Å²) < 4.78 is 11.0. The Morgan fingerprint density at radius 1 is 1.33 bits per heavy atom. The molecule has 0 aliphatic carbocycles. The molecule has 1 aromatic carbocycles. The number of nitrogens with zero attached hydrogens (tertiary/aromatic N) is 2. The number of hydrogen-bond donors (Lipinski definition) is 1. The van der Waals surface area contributed by atoms with Crippen molar-refractivity contribution in [2.75, 3.05) is 18.5 Å². The van der Waals surface area contributed by atoms with Crippen molar-refractivity contribution in [2.45, 2.75) is 32.6 Å². The zero-order valence-corrected chi connectivity index (χ0v) is 12.5. The van der Waals surface area contributed by atoms with Gasteiger partial charge in [0.25, 0.3) is 5.95 Å². The first-order valence-corrected chi connectivity index (χ1v) is 7.50. The van der Waals surface area contributed by atoms with Gasteiger partial charge >= 0.3 is 0 Å². The number of para-hydroxylation sites is 1. The molecule has 0 saturated heterocycles. The van der Waals surface area contributed by atoms with Crippen LogP contribution in [0.3, 0.4) is 0 Å². The van der Waals surface area contributed by atoms with E-state index in [4.69, 9.17) is 9.26 Å². The Labute approximate surface area is 124 Å². The lowest BCUT2D eigenvalue weighted by Gasteiger charge is -2.13. The van der Waals surface area contributed by atoms with E-state index in [-0.39, 0.29) is 5.92 Å². The Morgan fingerprint density at radius 2 is 2.19 bits per heavy atom. The van der Waals surface area contributed by atoms with Crippen LogP contribution in [0.15, 0.2) is 28.8 Å². The maximum atomic E-state index is 5.79. The summed E-state index contributed by atoms with van der Waals surface area (Å²) in [4.78, 5) is 4.34. The molecule has 1 unspecified atom stereocenters. The summed E-state index contributed by atoms with van der Waals surface area (Å²) in [6.07, 6.45) is 2.04. The van der Waals surface area contributed by atoms with Crippen LogP contribution >= 0.6 is 0 Å². The van der Waals surface area contributed by atoms with E-state index >= 15 is 0 Å². The van der Waals surface area contributed by atoms with Gasteiger partial charge in [-0.25, -0.2) is 0 Å². The van der Waals surface area contributed by atoms with Crippen molar-refractivity contribution in [1.82, 2.24) is 10.1 Å². The SMILES string of the molecule is CC(C)c1nc(NCC2CCOc3ccccc3C2)no1. The molecule has 21 heavy (non-hydrogen) atoms. The fraction of sp³-hybridized carbons (Fsp3) is 0.500. The molecule has 5 heteroatoms. The molecule has 0 saturated carbocycles. The Hall–Kier alpha value is -2.04. The van der Waals surface area contributed by atoms with Crippen LogP contribution < -0.4 is 10.1 Å². The lowest BCUT2D eigenvalue weighted by Crippen LogP contribution is -2.18. The van der Waals surface area contributed by atoms with Crippen LogP contribution in [-0.2, 0) is 6.42 Å². The summed E-state index contributed by atoms with van der Waals surface area (Å²) in [5, 5.41) is 7.24. The number of nitrogens with one attached hydrogen (secondary N) is 1. The molecule has 0 radical (unpaired) electrons. The zero-order chi connectivity index (χ0) is 14.7. The highest BCUT2D eigenvalue weighted by molar-refractivity contribution is 5.34. The molecule has 0 fully saturated rings. The molecular weight excluding hydrogens is 266 g/mol. The average molecular weight is 287 g/mol. The maximum Gasteiger partial charge on any atom is 0.263 e. The third kappa shape index (κ3) is 3.35. The second-order valence-electron chi connectivity index (χ2n) is 5.81. The molecular formula is C16H21N3O2. The highest BCUT2D eigenvalue weighted by Crippen LogP contribution is 2.26. The van der Waals surface area contributed by atoms with E-state index in [1.54, 1.807) is 0 Å². The van der Waals surface area contributed by atoms with Crippen molar-refractivity contribution in [2.24, 2.45) is 5.92 Å². The van der Waals surface area contributed by atoms with Crippen LogP contribution in [0.4, 0.5) is 5.95 Å². The molecule has 3 rings (SSSR count).